The van der Waals surface area contributed by atoms with E-state index in [-0.39, 0.29) is 5.91 Å². The molecule has 0 saturated carbocycles. The van der Waals surface area contributed by atoms with E-state index >= 15 is 0 Å². The van der Waals surface area contributed by atoms with Crippen LogP contribution in [-0.4, -0.2) is 25.9 Å². The third-order valence-corrected chi connectivity index (χ3v) is 5.89. The zero-order chi connectivity index (χ0) is 22.1. The Balaban J connectivity index is 1.52. The summed E-state index contributed by atoms with van der Waals surface area (Å²) in [5.74, 6) is -0.309. The lowest BCUT2D eigenvalue weighted by molar-refractivity contribution is 0.102. The topological polar surface area (TPSA) is 75.6 Å². The van der Waals surface area contributed by atoms with Gasteiger partial charge in [-0.1, -0.05) is 53.0 Å². The highest BCUT2D eigenvalue weighted by Gasteiger charge is 2.17. The molecule has 0 unspecified atom stereocenters. The van der Waals surface area contributed by atoms with Gasteiger partial charge in [0.1, 0.15) is 5.69 Å². The molecule has 0 spiro atoms. The molecule has 0 aliphatic carbocycles. The molecule has 4 rings (SSSR count). The van der Waals surface area contributed by atoms with Crippen molar-refractivity contribution in [2.24, 2.45) is 0 Å². The van der Waals surface area contributed by atoms with Crippen LogP contribution in [0, 0.1) is 13.8 Å². The van der Waals surface area contributed by atoms with Crippen molar-refractivity contribution in [3.63, 3.8) is 0 Å². The van der Waals surface area contributed by atoms with Crippen molar-refractivity contribution in [3.05, 3.63) is 86.2 Å². The fraction of sp³-hybridized carbons (Fsp3) is 0.136. The Morgan fingerprint density at radius 3 is 2.48 bits per heavy atom. The van der Waals surface area contributed by atoms with E-state index in [0.29, 0.717) is 38.7 Å². The molecular formula is C22H18Cl3N5O. The number of nitrogens with zero attached hydrogens (tertiary/aromatic N) is 3. The first-order valence-electron chi connectivity index (χ1n) is 9.42. The average Bonchev–Trinajstić information content (AvgIpc) is 3.33. The minimum absolute atomic E-state index is 0.309. The zero-order valence-corrected chi connectivity index (χ0v) is 19.0. The summed E-state index contributed by atoms with van der Waals surface area (Å²) >= 11 is 18.0. The quantitative estimate of drug-likeness (QED) is 0.364. The minimum atomic E-state index is -0.309. The number of aromatic amines is 1. The van der Waals surface area contributed by atoms with Gasteiger partial charge in [0, 0.05) is 10.6 Å². The third-order valence-electron chi connectivity index (χ3n) is 4.90. The predicted octanol–water partition coefficient (Wildman–Crippen LogP) is 6.15. The van der Waals surface area contributed by atoms with Gasteiger partial charge in [0.25, 0.3) is 5.91 Å². The SMILES string of the molecule is Cc1nn(Cc2ccc(Cl)cc2)c(C)c1NC(=O)c1cc(-c2ccc(Cl)c(Cl)c2)n[nH]1. The van der Waals surface area contributed by atoms with Gasteiger partial charge in [-0.05, 0) is 49.7 Å². The third kappa shape index (κ3) is 4.61. The van der Waals surface area contributed by atoms with Crippen LogP contribution in [0.1, 0.15) is 27.4 Å². The molecule has 2 heterocycles. The van der Waals surface area contributed by atoms with Crippen LogP contribution in [0.3, 0.4) is 0 Å². The molecule has 6 nitrogen and oxygen atoms in total. The number of halogens is 3. The second-order valence-electron chi connectivity index (χ2n) is 7.08. The van der Waals surface area contributed by atoms with Crippen LogP contribution in [0.4, 0.5) is 5.69 Å². The number of nitrogens with one attached hydrogen (secondary N) is 2. The number of hydrogen-bond donors (Lipinski definition) is 2. The Hall–Kier alpha value is -2.80. The van der Waals surface area contributed by atoms with Crippen molar-refractivity contribution in [3.8, 4) is 11.3 Å². The number of anilines is 1. The average molecular weight is 475 g/mol. The second-order valence-corrected chi connectivity index (χ2v) is 8.33. The molecular weight excluding hydrogens is 457 g/mol. The molecule has 0 radical (unpaired) electrons. The second kappa shape index (κ2) is 8.75. The van der Waals surface area contributed by atoms with Crippen LogP contribution in [0.2, 0.25) is 15.1 Å². The maximum Gasteiger partial charge on any atom is 0.273 e. The van der Waals surface area contributed by atoms with E-state index < -0.39 is 0 Å². The molecule has 0 aliphatic heterocycles. The van der Waals surface area contributed by atoms with Crippen LogP contribution in [0.5, 0.6) is 0 Å². The highest BCUT2D eigenvalue weighted by atomic mass is 35.5. The van der Waals surface area contributed by atoms with Gasteiger partial charge in [-0.2, -0.15) is 10.2 Å². The van der Waals surface area contributed by atoms with Crippen LogP contribution in [0.15, 0.2) is 48.5 Å². The largest absolute Gasteiger partial charge is 0.318 e. The first-order valence-corrected chi connectivity index (χ1v) is 10.6. The minimum Gasteiger partial charge on any atom is -0.318 e. The van der Waals surface area contributed by atoms with Crippen molar-refractivity contribution in [2.75, 3.05) is 5.32 Å². The number of hydrogen-bond acceptors (Lipinski definition) is 3. The van der Waals surface area contributed by atoms with E-state index in [2.05, 4.69) is 20.6 Å². The van der Waals surface area contributed by atoms with Crippen molar-refractivity contribution >= 4 is 46.4 Å². The molecule has 2 aromatic carbocycles. The lowest BCUT2D eigenvalue weighted by Crippen LogP contribution is -2.14. The Morgan fingerprint density at radius 2 is 1.77 bits per heavy atom. The van der Waals surface area contributed by atoms with Crippen LogP contribution in [-0.2, 0) is 6.54 Å². The maximum atomic E-state index is 12.8. The summed E-state index contributed by atoms with van der Waals surface area (Å²) in [6.07, 6.45) is 0. The number of benzene rings is 2. The van der Waals surface area contributed by atoms with E-state index in [9.17, 15) is 4.79 Å². The van der Waals surface area contributed by atoms with Crippen LogP contribution < -0.4 is 5.32 Å². The normalized spacial score (nSPS) is 11.0. The monoisotopic (exact) mass is 473 g/mol. The van der Waals surface area contributed by atoms with Gasteiger partial charge in [-0.15, -0.1) is 0 Å². The number of aryl methyl sites for hydroxylation is 1. The van der Waals surface area contributed by atoms with Gasteiger partial charge in [0.2, 0.25) is 0 Å². The highest BCUT2D eigenvalue weighted by molar-refractivity contribution is 6.42. The van der Waals surface area contributed by atoms with Gasteiger partial charge in [0.15, 0.2) is 0 Å². The molecule has 2 aromatic heterocycles. The van der Waals surface area contributed by atoms with E-state index in [1.165, 1.54) is 0 Å². The van der Waals surface area contributed by atoms with Gasteiger partial charge in [0.05, 0.1) is 39.4 Å². The Labute approximate surface area is 194 Å². The Morgan fingerprint density at radius 1 is 1.03 bits per heavy atom. The molecule has 2 N–H and O–H groups in total. The molecule has 4 aromatic rings. The predicted molar refractivity (Wildman–Crippen MR) is 124 cm³/mol. The van der Waals surface area contributed by atoms with E-state index in [1.807, 2.05) is 42.8 Å². The fourth-order valence-corrected chi connectivity index (χ4v) is 3.64. The fourth-order valence-electron chi connectivity index (χ4n) is 3.22. The van der Waals surface area contributed by atoms with Gasteiger partial charge in [-0.25, -0.2) is 0 Å². The summed E-state index contributed by atoms with van der Waals surface area (Å²) in [6, 6.07) is 14.4. The smallest absolute Gasteiger partial charge is 0.273 e. The van der Waals surface area contributed by atoms with Crippen molar-refractivity contribution in [1.29, 1.82) is 0 Å². The summed E-state index contributed by atoms with van der Waals surface area (Å²) in [4.78, 5) is 12.8. The van der Waals surface area contributed by atoms with E-state index in [0.717, 1.165) is 22.5 Å². The highest BCUT2D eigenvalue weighted by Crippen LogP contribution is 2.28. The Bertz CT molecular complexity index is 1260. The maximum absolute atomic E-state index is 12.8. The standard InChI is InChI=1S/C22H18Cl3N5O/c1-12-21(13(2)30(29-12)11-14-3-6-16(23)7-4-14)26-22(31)20-10-19(27-28-20)15-5-8-17(24)18(25)9-15/h3-10H,11H2,1-2H3,(H,26,31)(H,27,28). The first kappa shape index (κ1) is 21.4. The van der Waals surface area contributed by atoms with Crippen molar-refractivity contribution in [1.82, 2.24) is 20.0 Å². The van der Waals surface area contributed by atoms with Crippen molar-refractivity contribution < 1.29 is 4.79 Å². The molecule has 9 heteroatoms. The molecule has 0 aliphatic rings. The Kier molecular flexibility index (Phi) is 6.05. The number of carbonyl (C=O) groups excluding carboxylic acids is 1. The molecule has 0 atom stereocenters. The van der Waals surface area contributed by atoms with Gasteiger partial charge in [-0.3, -0.25) is 14.6 Å². The van der Waals surface area contributed by atoms with Gasteiger partial charge < -0.3 is 5.32 Å². The lowest BCUT2D eigenvalue weighted by atomic mass is 10.1. The molecule has 0 bridgehead atoms. The molecule has 0 saturated heterocycles. The number of aromatic nitrogens is 4. The molecule has 1 amide bonds. The molecule has 0 fully saturated rings. The number of carbonyl (C=O) groups is 1. The van der Waals surface area contributed by atoms with E-state index in [1.54, 1.807) is 24.3 Å². The number of H-pyrrole nitrogens is 1. The first-order chi connectivity index (χ1) is 14.8. The summed E-state index contributed by atoms with van der Waals surface area (Å²) in [7, 11) is 0. The summed E-state index contributed by atoms with van der Waals surface area (Å²) in [5, 5.41) is 16.0. The summed E-state index contributed by atoms with van der Waals surface area (Å²) in [5.41, 5.74) is 4.99. The van der Waals surface area contributed by atoms with Crippen molar-refractivity contribution in [2.45, 2.75) is 20.4 Å². The van der Waals surface area contributed by atoms with E-state index in [4.69, 9.17) is 34.8 Å². The summed E-state index contributed by atoms with van der Waals surface area (Å²) < 4.78 is 1.85. The molecule has 31 heavy (non-hydrogen) atoms. The number of amides is 1. The molecule has 158 valence electrons. The van der Waals surface area contributed by atoms with Gasteiger partial charge >= 0.3 is 0 Å². The summed E-state index contributed by atoms with van der Waals surface area (Å²) in [6.45, 7) is 4.35. The zero-order valence-electron chi connectivity index (χ0n) is 16.7. The number of rotatable bonds is 5. The van der Waals surface area contributed by atoms with Crippen LogP contribution >= 0.6 is 34.8 Å². The van der Waals surface area contributed by atoms with Crippen LogP contribution in [0.25, 0.3) is 11.3 Å². The lowest BCUT2D eigenvalue weighted by Gasteiger charge is -2.07.